The summed E-state index contributed by atoms with van der Waals surface area (Å²) in [6.45, 7) is 1.72. The second kappa shape index (κ2) is 10.5. The molecule has 0 saturated carbocycles. The first kappa shape index (κ1) is 19.9. The third-order valence-electron chi connectivity index (χ3n) is 3.59. The van der Waals surface area contributed by atoms with E-state index in [4.69, 9.17) is 25.8 Å². The Hall–Kier alpha value is -2.44. The normalized spacial score (nSPS) is 11.2. The van der Waals surface area contributed by atoms with Crippen LogP contribution in [0.3, 0.4) is 0 Å². The van der Waals surface area contributed by atoms with Gasteiger partial charge in [-0.05, 0) is 29.8 Å². The fraction of sp³-hybridized carbons (Fsp3) is 0.316. The predicted octanol–water partition coefficient (Wildman–Crippen LogP) is 3.56. The van der Waals surface area contributed by atoms with E-state index in [0.29, 0.717) is 37.2 Å². The van der Waals surface area contributed by atoms with E-state index in [2.05, 4.69) is 15.6 Å². The molecule has 2 N–H and O–H groups in total. The van der Waals surface area contributed by atoms with Crippen LogP contribution in [0.1, 0.15) is 5.56 Å². The predicted molar refractivity (Wildman–Crippen MR) is 106 cm³/mol. The van der Waals surface area contributed by atoms with Gasteiger partial charge in [0.05, 0.1) is 27.4 Å². The molecule has 0 saturated heterocycles. The summed E-state index contributed by atoms with van der Waals surface area (Å²) < 4.78 is 16.2. The largest absolute Gasteiger partial charge is 0.493 e. The summed E-state index contributed by atoms with van der Waals surface area (Å²) in [7, 11) is 4.92. The molecule has 0 amide bonds. The Balaban J connectivity index is 1.76. The van der Waals surface area contributed by atoms with E-state index in [0.717, 1.165) is 16.3 Å². The molecule has 2 rings (SSSR count). The Morgan fingerprint density at radius 3 is 2.42 bits per heavy atom. The standard InChI is InChI=1S/C19H24ClN3O3/c1-21-19(23-16-8-9-17(24-2)18(12-16)25-3)22-10-11-26-13-14-4-6-15(20)7-5-14/h4-9,12H,10-11,13H2,1-3H3,(H2,21,22,23). The fourth-order valence-corrected chi connectivity index (χ4v) is 2.37. The van der Waals surface area contributed by atoms with Crippen molar-refractivity contribution in [2.75, 3.05) is 39.7 Å². The summed E-state index contributed by atoms with van der Waals surface area (Å²) >= 11 is 5.86. The van der Waals surface area contributed by atoms with E-state index >= 15 is 0 Å². The highest BCUT2D eigenvalue weighted by molar-refractivity contribution is 6.30. The third-order valence-corrected chi connectivity index (χ3v) is 3.84. The minimum Gasteiger partial charge on any atom is -0.493 e. The lowest BCUT2D eigenvalue weighted by molar-refractivity contribution is 0.125. The lowest BCUT2D eigenvalue weighted by atomic mass is 10.2. The zero-order valence-electron chi connectivity index (χ0n) is 15.2. The van der Waals surface area contributed by atoms with E-state index in [9.17, 15) is 0 Å². The van der Waals surface area contributed by atoms with Gasteiger partial charge in [-0.25, -0.2) is 0 Å². The zero-order chi connectivity index (χ0) is 18.8. The van der Waals surface area contributed by atoms with Gasteiger partial charge >= 0.3 is 0 Å². The minimum atomic E-state index is 0.542. The van der Waals surface area contributed by atoms with Gasteiger partial charge in [-0.2, -0.15) is 0 Å². The fourth-order valence-electron chi connectivity index (χ4n) is 2.24. The molecule has 0 unspecified atom stereocenters. The van der Waals surface area contributed by atoms with Crippen LogP contribution < -0.4 is 20.1 Å². The van der Waals surface area contributed by atoms with Crippen molar-refractivity contribution in [2.24, 2.45) is 4.99 Å². The monoisotopic (exact) mass is 377 g/mol. The van der Waals surface area contributed by atoms with Crippen molar-refractivity contribution in [3.05, 3.63) is 53.1 Å². The smallest absolute Gasteiger partial charge is 0.195 e. The average Bonchev–Trinajstić information content (AvgIpc) is 2.68. The molecular weight excluding hydrogens is 354 g/mol. The van der Waals surface area contributed by atoms with Crippen LogP contribution in [0.2, 0.25) is 5.02 Å². The molecule has 26 heavy (non-hydrogen) atoms. The van der Waals surface area contributed by atoms with Crippen LogP contribution in [-0.4, -0.2) is 40.4 Å². The van der Waals surface area contributed by atoms with Crippen LogP contribution in [0.25, 0.3) is 0 Å². The lowest BCUT2D eigenvalue weighted by Crippen LogP contribution is -2.33. The Morgan fingerprint density at radius 1 is 1.04 bits per heavy atom. The van der Waals surface area contributed by atoms with E-state index in [1.807, 2.05) is 42.5 Å². The molecule has 0 spiro atoms. The molecule has 0 aliphatic heterocycles. The molecule has 0 aromatic heterocycles. The number of nitrogens with zero attached hydrogens (tertiary/aromatic N) is 1. The van der Waals surface area contributed by atoms with Crippen molar-refractivity contribution >= 4 is 23.2 Å². The summed E-state index contributed by atoms with van der Waals surface area (Å²) in [5.41, 5.74) is 1.93. The number of hydrogen-bond acceptors (Lipinski definition) is 4. The van der Waals surface area contributed by atoms with Gasteiger partial charge in [0.15, 0.2) is 17.5 Å². The van der Waals surface area contributed by atoms with Gasteiger partial charge in [-0.15, -0.1) is 0 Å². The first-order valence-electron chi connectivity index (χ1n) is 8.18. The summed E-state index contributed by atoms with van der Waals surface area (Å²) in [5.74, 6) is 1.98. The number of aliphatic imine (C=N–C) groups is 1. The number of benzene rings is 2. The van der Waals surface area contributed by atoms with Crippen LogP contribution in [0.15, 0.2) is 47.5 Å². The van der Waals surface area contributed by atoms with Crippen molar-refractivity contribution in [1.29, 1.82) is 0 Å². The number of hydrogen-bond donors (Lipinski definition) is 2. The van der Waals surface area contributed by atoms with Gasteiger partial charge in [0, 0.05) is 30.4 Å². The Labute approximate surface area is 159 Å². The number of halogens is 1. The third kappa shape index (κ3) is 6.13. The molecule has 0 bridgehead atoms. The van der Waals surface area contributed by atoms with E-state index < -0.39 is 0 Å². The highest BCUT2D eigenvalue weighted by Crippen LogP contribution is 2.29. The van der Waals surface area contributed by atoms with Crippen molar-refractivity contribution in [1.82, 2.24) is 5.32 Å². The number of guanidine groups is 1. The van der Waals surface area contributed by atoms with Gasteiger partial charge < -0.3 is 24.8 Å². The first-order valence-corrected chi connectivity index (χ1v) is 8.56. The molecule has 140 valence electrons. The van der Waals surface area contributed by atoms with Crippen molar-refractivity contribution in [3.8, 4) is 11.5 Å². The van der Waals surface area contributed by atoms with Gasteiger partial charge in [0.2, 0.25) is 0 Å². The molecule has 7 heteroatoms. The summed E-state index contributed by atoms with van der Waals surface area (Å²) in [6, 6.07) is 13.2. The average molecular weight is 378 g/mol. The van der Waals surface area contributed by atoms with E-state index in [-0.39, 0.29) is 0 Å². The van der Waals surface area contributed by atoms with Crippen molar-refractivity contribution in [2.45, 2.75) is 6.61 Å². The summed E-state index contributed by atoms with van der Waals surface area (Å²) in [5, 5.41) is 7.13. The quantitative estimate of drug-likeness (QED) is 0.418. The molecule has 0 aliphatic rings. The van der Waals surface area contributed by atoms with Crippen molar-refractivity contribution in [3.63, 3.8) is 0 Å². The maximum atomic E-state index is 5.86. The molecule has 0 aliphatic carbocycles. The van der Waals surface area contributed by atoms with Gasteiger partial charge in [-0.1, -0.05) is 23.7 Å². The maximum Gasteiger partial charge on any atom is 0.195 e. The van der Waals surface area contributed by atoms with E-state index in [1.165, 1.54) is 0 Å². The minimum absolute atomic E-state index is 0.542. The topological polar surface area (TPSA) is 64.1 Å². The summed E-state index contributed by atoms with van der Waals surface area (Å²) in [6.07, 6.45) is 0. The Morgan fingerprint density at radius 2 is 1.77 bits per heavy atom. The van der Waals surface area contributed by atoms with Crippen molar-refractivity contribution < 1.29 is 14.2 Å². The number of ether oxygens (including phenoxy) is 3. The van der Waals surface area contributed by atoms with Crippen LogP contribution in [0.4, 0.5) is 5.69 Å². The number of rotatable bonds is 8. The summed E-state index contributed by atoms with van der Waals surface area (Å²) in [4.78, 5) is 4.20. The Bertz CT molecular complexity index is 720. The number of anilines is 1. The molecule has 0 radical (unpaired) electrons. The molecular formula is C19H24ClN3O3. The highest BCUT2D eigenvalue weighted by atomic mass is 35.5. The SMILES string of the molecule is CN=C(NCCOCc1ccc(Cl)cc1)Nc1ccc(OC)c(OC)c1. The molecule has 6 nitrogen and oxygen atoms in total. The molecule has 0 fully saturated rings. The Kier molecular flexibility index (Phi) is 8.05. The van der Waals surface area contributed by atoms with Crippen LogP contribution in [0, 0.1) is 0 Å². The maximum absolute atomic E-state index is 5.86. The second-order valence-electron chi connectivity index (χ2n) is 5.37. The number of nitrogens with one attached hydrogen (secondary N) is 2. The van der Waals surface area contributed by atoms with Gasteiger partial charge in [0.25, 0.3) is 0 Å². The zero-order valence-corrected chi connectivity index (χ0v) is 16.0. The highest BCUT2D eigenvalue weighted by Gasteiger charge is 2.06. The van der Waals surface area contributed by atoms with Crippen LogP contribution >= 0.6 is 11.6 Å². The van der Waals surface area contributed by atoms with Gasteiger partial charge in [-0.3, -0.25) is 4.99 Å². The van der Waals surface area contributed by atoms with Crippen LogP contribution in [-0.2, 0) is 11.3 Å². The molecule has 0 heterocycles. The molecule has 2 aromatic carbocycles. The van der Waals surface area contributed by atoms with E-state index in [1.54, 1.807) is 21.3 Å². The molecule has 0 atom stereocenters. The second-order valence-corrected chi connectivity index (χ2v) is 5.81. The number of methoxy groups -OCH3 is 2. The molecule has 2 aromatic rings. The first-order chi connectivity index (χ1) is 12.7. The lowest BCUT2D eigenvalue weighted by Gasteiger charge is -2.14. The van der Waals surface area contributed by atoms with Crippen LogP contribution in [0.5, 0.6) is 11.5 Å². The van der Waals surface area contributed by atoms with Gasteiger partial charge in [0.1, 0.15) is 0 Å².